The lowest BCUT2D eigenvalue weighted by atomic mass is 9.96. The molecular formula is C18H28FN5O2. The van der Waals surface area contributed by atoms with Gasteiger partial charge in [0.2, 0.25) is 11.9 Å². The molecule has 1 aromatic heterocycles. The number of rotatable bonds is 5. The minimum Gasteiger partial charge on any atom is -0.378 e. The fraction of sp³-hybridized carbons (Fsp3) is 0.722. The molecule has 0 radical (unpaired) electrons. The average molecular weight is 365 g/mol. The molecule has 3 heterocycles. The molecule has 0 bridgehead atoms. The van der Waals surface area contributed by atoms with Crippen LogP contribution in [-0.4, -0.2) is 66.7 Å². The molecule has 7 nitrogen and oxygen atoms in total. The zero-order chi connectivity index (χ0) is 18.5. The van der Waals surface area contributed by atoms with E-state index in [1.54, 1.807) is 0 Å². The van der Waals surface area contributed by atoms with E-state index >= 15 is 0 Å². The number of morpholine rings is 1. The van der Waals surface area contributed by atoms with E-state index in [4.69, 9.17) is 4.74 Å². The Morgan fingerprint density at radius 3 is 2.65 bits per heavy atom. The topological polar surface area (TPSA) is 70.6 Å². The van der Waals surface area contributed by atoms with E-state index < -0.39 is 5.82 Å². The first-order valence-electron chi connectivity index (χ1n) is 9.42. The van der Waals surface area contributed by atoms with E-state index in [1.165, 1.54) is 6.20 Å². The molecule has 1 N–H and O–H groups in total. The first-order valence-corrected chi connectivity index (χ1v) is 9.42. The van der Waals surface area contributed by atoms with Crippen molar-refractivity contribution < 1.29 is 13.9 Å². The van der Waals surface area contributed by atoms with E-state index in [0.29, 0.717) is 44.0 Å². The Morgan fingerprint density at radius 1 is 1.31 bits per heavy atom. The zero-order valence-corrected chi connectivity index (χ0v) is 15.6. The van der Waals surface area contributed by atoms with Crippen LogP contribution < -0.4 is 10.2 Å². The summed E-state index contributed by atoms with van der Waals surface area (Å²) in [4.78, 5) is 24.3. The summed E-state index contributed by atoms with van der Waals surface area (Å²) in [7, 11) is 0. The number of hydrogen-bond donors (Lipinski definition) is 1. The largest absolute Gasteiger partial charge is 0.378 e. The van der Waals surface area contributed by atoms with Gasteiger partial charge in [-0.05, 0) is 18.8 Å². The Balaban J connectivity index is 1.51. The zero-order valence-electron chi connectivity index (χ0n) is 15.6. The molecule has 0 spiro atoms. The monoisotopic (exact) mass is 365 g/mol. The van der Waals surface area contributed by atoms with Gasteiger partial charge in [-0.25, -0.2) is 9.37 Å². The number of nitrogens with zero attached hydrogens (tertiary/aromatic N) is 4. The molecule has 0 unspecified atom stereocenters. The molecule has 0 aromatic carbocycles. The number of amides is 1. The Labute approximate surface area is 153 Å². The number of halogens is 1. The summed E-state index contributed by atoms with van der Waals surface area (Å²) in [6.07, 6.45) is 3.15. The predicted octanol–water partition coefficient (Wildman–Crippen LogP) is 1.76. The van der Waals surface area contributed by atoms with Crippen LogP contribution in [0.1, 0.15) is 26.7 Å². The third-order valence-electron chi connectivity index (χ3n) is 5.01. The van der Waals surface area contributed by atoms with Crippen molar-refractivity contribution in [3.05, 3.63) is 12.0 Å². The predicted molar refractivity (Wildman–Crippen MR) is 97.7 cm³/mol. The number of carbonyl (C=O) groups excluding carboxylic acids is 1. The Morgan fingerprint density at radius 2 is 2.00 bits per heavy atom. The second-order valence-corrected chi connectivity index (χ2v) is 7.27. The normalized spacial score (nSPS) is 19.1. The summed E-state index contributed by atoms with van der Waals surface area (Å²) in [5.41, 5.74) is 0. The third kappa shape index (κ3) is 4.60. The average Bonchev–Trinajstić information content (AvgIpc) is 2.68. The number of likely N-dealkylation sites (tertiary alicyclic amines) is 1. The molecule has 1 amide bonds. The van der Waals surface area contributed by atoms with Gasteiger partial charge in [-0.3, -0.25) is 4.79 Å². The van der Waals surface area contributed by atoms with Gasteiger partial charge in [0, 0.05) is 38.6 Å². The highest BCUT2D eigenvalue weighted by Gasteiger charge is 2.24. The highest BCUT2D eigenvalue weighted by molar-refractivity contribution is 5.78. The summed E-state index contributed by atoms with van der Waals surface area (Å²) in [5, 5.41) is 3.24. The van der Waals surface area contributed by atoms with Crippen molar-refractivity contribution in [2.75, 3.05) is 56.2 Å². The van der Waals surface area contributed by atoms with E-state index in [1.807, 2.05) is 23.6 Å². The van der Waals surface area contributed by atoms with Crippen molar-refractivity contribution in [2.45, 2.75) is 26.7 Å². The van der Waals surface area contributed by atoms with Gasteiger partial charge in [0.15, 0.2) is 11.6 Å². The molecule has 0 saturated carbocycles. The number of anilines is 2. The molecule has 26 heavy (non-hydrogen) atoms. The van der Waals surface area contributed by atoms with Crippen LogP contribution in [0.4, 0.5) is 16.2 Å². The van der Waals surface area contributed by atoms with Gasteiger partial charge in [-0.15, -0.1) is 0 Å². The molecule has 0 aliphatic carbocycles. The molecule has 2 saturated heterocycles. The summed E-state index contributed by atoms with van der Waals surface area (Å²) in [6, 6.07) is 0. The van der Waals surface area contributed by atoms with E-state index in [9.17, 15) is 9.18 Å². The van der Waals surface area contributed by atoms with Crippen molar-refractivity contribution in [3.63, 3.8) is 0 Å². The number of aromatic nitrogens is 2. The summed E-state index contributed by atoms with van der Waals surface area (Å²) >= 11 is 0. The summed E-state index contributed by atoms with van der Waals surface area (Å²) < 4.78 is 19.4. The smallest absolute Gasteiger partial charge is 0.225 e. The minimum absolute atomic E-state index is 0.0518. The van der Waals surface area contributed by atoms with Gasteiger partial charge in [-0.1, -0.05) is 13.8 Å². The maximum atomic E-state index is 14.1. The minimum atomic E-state index is -0.405. The number of carbonyl (C=O) groups is 1. The van der Waals surface area contributed by atoms with Gasteiger partial charge >= 0.3 is 0 Å². The standard InChI is InChI=1S/C18H28FN5O2/c1-13(2)17(25)24-5-3-14(4-6-24)11-20-18-21-12-15(19)16(22-18)23-7-9-26-10-8-23/h12-14H,3-11H2,1-2H3,(H,20,21,22). The SMILES string of the molecule is CC(C)C(=O)N1CCC(CNc2ncc(F)c(N3CCOCC3)n2)CC1. The van der Waals surface area contributed by atoms with Crippen LogP contribution in [-0.2, 0) is 9.53 Å². The van der Waals surface area contributed by atoms with Gasteiger partial charge < -0.3 is 19.9 Å². The van der Waals surface area contributed by atoms with Crippen LogP contribution in [0.3, 0.4) is 0 Å². The molecular weight excluding hydrogens is 337 g/mol. The molecule has 2 aliphatic heterocycles. The van der Waals surface area contributed by atoms with Crippen LogP contribution in [0, 0.1) is 17.7 Å². The van der Waals surface area contributed by atoms with E-state index in [2.05, 4.69) is 15.3 Å². The van der Waals surface area contributed by atoms with E-state index in [0.717, 1.165) is 32.5 Å². The first kappa shape index (κ1) is 18.8. The number of nitrogens with one attached hydrogen (secondary N) is 1. The van der Waals surface area contributed by atoms with Crippen molar-refractivity contribution in [2.24, 2.45) is 11.8 Å². The Hall–Kier alpha value is -1.96. The van der Waals surface area contributed by atoms with Crippen LogP contribution >= 0.6 is 0 Å². The van der Waals surface area contributed by atoms with Gasteiger partial charge in [0.05, 0.1) is 19.4 Å². The number of ether oxygens (including phenoxy) is 1. The fourth-order valence-corrected chi connectivity index (χ4v) is 3.40. The molecule has 2 aliphatic rings. The van der Waals surface area contributed by atoms with Crippen molar-refractivity contribution in [1.29, 1.82) is 0 Å². The lowest BCUT2D eigenvalue weighted by molar-refractivity contribution is -0.135. The maximum absolute atomic E-state index is 14.1. The summed E-state index contributed by atoms with van der Waals surface area (Å²) in [6.45, 7) is 8.64. The highest BCUT2D eigenvalue weighted by atomic mass is 19.1. The summed E-state index contributed by atoms with van der Waals surface area (Å²) in [5.74, 6) is 1.13. The van der Waals surface area contributed by atoms with Crippen LogP contribution in [0.25, 0.3) is 0 Å². The molecule has 8 heteroatoms. The number of hydrogen-bond acceptors (Lipinski definition) is 6. The maximum Gasteiger partial charge on any atom is 0.225 e. The highest BCUT2D eigenvalue weighted by Crippen LogP contribution is 2.21. The second kappa shape index (κ2) is 8.62. The Kier molecular flexibility index (Phi) is 6.24. The molecule has 3 rings (SSSR count). The van der Waals surface area contributed by atoms with Crippen LogP contribution in [0.5, 0.6) is 0 Å². The fourth-order valence-electron chi connectivity index (χ4n) is 3.40. The lowest BCUT2D eigenvalue weighted by Crippen LogP contribution is -2.41. The Bertz CT molecular complexity index is 614. The van der Waals surface area contributed by atoms with Crippen molar-refractivity contribution in [3.8, 4) is 0 Å². The third-order valence-corrected chi connectivity index (χ3v) is 5.01. The molecule has 0 atom stereocenters. The van der Waals surface area contributed by atoms with Gasteiger partial charge in [0.1, 0.15) is 0 Å². The van der Waals surface area contributed by atoms with Gasteiger partial charge in [0.25, 0.3) is 0 Å². The second-order valence-electron chi connectivity index (χ2n) is 7.27. The quantitative estimate of drug-likeness (QED) is 0.857. The van der Waals surface area contributed by atoms with Crippen molar-refractivity contribution >= 4 is 17.7 Å². The van der Waals surface area contributed by atoms with Crippen LogP contribution in [0.15, 0.2) is 6.20 Å². The number of piperidine rings is 1. The molecule has 2 fully saturated rings. The molecule has 1 aromatic rings. The lowest BCUT2D eigenvalue weighted by Gasteiger charge is -2.33. The van der Waals surface area contributed by atoms with Gasteiger partial charge in [-0.2, -0.15) is 4.98 Å². The van der Waals surface area contributed by atoms with E-state index in [-0.39, 0.29) is 11.8 Å². The van der Waals surface area contributed by atoms with Crippen LogP contribution in [0.2, 0.25) is 0 Å². The molecule has 144 valence electrons. The van der Waals surface area contributed by atoms with Crippen molar-refractivity contribution in [1.82, 2.24) is 14.9 Å². The first-order chi connectivity index (χ1) is 12.5.